The lowest BCUT2D eigenvalue weighted by Gasteiger charge is -2.25. The Morgan fingerprint density at radius 3 is 2.24 bits per heavy atom. The molecule has 2 amide bonds. The van der Waals surface area contributed by atoms with Gasteiger partial charge in [0.15, 0.2) is 5.82 Å². The standard InChI is InChI=1S/C19H28N6O3.C3H8.C2H6/c1-13-10-24(8-9-25(14(2)26)18(27)28-19(3,4)5)17-15(13)16(20-11-21-17)22-12-23(6)7;1-3-2;1-2/h10-12H,8-9H2,1-7H3;3H2,1-2H3;1-2H3/b22-12+;;. The Bertz CT molecular complexity index is 913. The van der Waals surface area contributed by atoms with E-state index in [0.717, 1.165) is 15.8 Å². The van der Waals surface area contributed by atoms with Crippen molar-refractivity contribution in [2.24, 2.45) is 4.99 Å². The maximum atomic E-state index is 12.3. The summed E-state index contributed by atoms with van der Waals surface area (Å²) in [7, 11) is 3.76. The van der Waals surface area contributed by atoms with Crippen molar-refractivity contribution in [3.8, 4) is 0 Å². The zero-order valence-corrected chi connectivity index (χ0v) is 22.3. The van der Waals surface area contributed by atoms with E-state index in [-0.39, 0.29) is 12.5 Å². The molecular formula is C24H42N6O3. The molecule has 0 aliphatic heterocycles. The number of rotatable bonds is 5. The molecule has 0 spiro atoms. The fourth-order valence-corrected chi connectivity index (χ4v) is 2.64. The fourth-order valence-electron chi connectivity index (χ4n) is 2.64. The molecule has 2 aromatic rings. The number of aryl methyl sites for hydroxylation is 1. The van der Waals surface area contributed by atoms with Crippen molar-refractivity contribution in [3.05, 3.63) is 18.1 Å². The average molecular weight is 463 g/mol. The number of aliphatic imine (C=N–C) groups is 1. The van der Waals surface area contributed by atoms with Gasteiger partial charge in [-0.05, 0) is 33.3 Å². The zero-order chi connectivity index (χ0) is 25.8. The summed E-state index contributed by atoms with van der Waals surface area (Å²) in [4.78, 5) is 40.2. The van der Waals surface area contributed by atoms with E-state index in [1.54, 1.807) is 27.1 Å². The van der Waals surface area contributed by atoms with Crippen LogP contribution in [0.15, 0.2) is 17.5 Å². The minimum Gasteiger partial charge on any atom is -0.443 e. The largest absolute Gasteiger partial charge is 0.443 e. The number of hydrogen-bond donors (Lipinski definition) is 0. The molecule has 9 heteroatoms. The predicted molar refractivity (Wildman–Crippen MR) is 135 cm³/mol. The van der Waals surface area contributed by atoms with Crippen LogP contribution in [0.3, 0.4) is 0 Å². The predicted octanol–water partition coefficient (Wildman–Crippen LogP) is 5.19. The van der Waals surface area contributed by atoms with E-state index in [1.165, 1.54) is 19.7 Å². The van der Waals surface area contributed by atoms with Gasteiger partial charge in [0.05, 0.1) is 18.3 Å². The number of fused-ring (bicyclic) bond motifs is 1. The fraction of sp³-hybridized carbons (Fsp3) is 0.625. The molecule has 0 fully saturated rings. The van der Waals surface area contributed by atoms with Crippen LogP contribution in [0.5, 0.6) is 0 Å². The highest BCUT2D eigenvalue weighted by molar-refractivity contribution is 5.91. The molecule has 0 saturated carbocycles. The molecule has 0 N–H and O–H groups in total. The van der Waals surface area contributed by atoms with Gasteiger partial charge in [-0.15, -0.1) is 0 Å². The van der Waals surface area contributed by atoms with Crippen molar-refractivity contribution >= 4 is 35.2 Å². The van der Waals surface area contributed by atoms with Crippen LogP contribution in [0.1, 0.15) is 67.4 Å². The van der Waals surface area contributed by atoms with Gasteiger partial charge >= 0.3 is 6.09 Å². The highest BCUT2D eigenvalue weighted by atomic mass is 16.6. The molecule has 0 aliphatic carbocycles. The molecule has 33 heavy (non-hydrogen) atoms. The second kappa shape index (κ2) is 14.2. The van der Waals surface area contributed by atoms with Crippen molar-refractivity contribution in [1.29, 1.82) is 0 Å². The molecule has 186 valence electrons. The molecule has 0 radical (unpaired) electrons. The molecular weight excluding hydrogens is 420 g/mol. The van der Waals surface area contributed by atoms with E-state index >= 15 is 0 Å². The number of imide groups is 1. The van der Waals surface area contributed by atoms with Crippen LogP contribution in [0.25, 0.3) is 11.0 Å². The summed E-state index contributed by atoms with van der Waals surface area (Å²) in [6.45, 7) is 17.4. The monoisotopic (exact) mass is 462 g/mol. The highest BCUT2D eigenvalue weighted by Crippen LogP contribution is 2.27. The Morgan fingerprint density at radius 2 is 1.76 bits per heavy atom. The van der Waals surface area contributed by atoms with Gasteiger partial charge in [0.1, 0.15) is 17.6 Å². The number of hydrogen-bond acceptors (Lipinski definition) is 6. The third-order valence-electron chi connectivity index (χ3n) is 3.79. The smallest absolute Gasteiger partial charge is 0.417 e. The van der Waals surface area contributed by atoms with Crippen LogP contribution in [0.4, 0.5) is 10.6 Å². The topological polar surface area (TPSA) is 92.9 Å². The van der Waals surface area contributed by atoms with Crippen molar-refractivity contribution in [2.45, 2.75) is 80.9 Å². The van der Waals surface area contributed by atoms with Crippen LogP contribution in [0.2, 0.25) is 0 Å². The molecule has 0 saturated heterocycles. The summed E-state index contributed by atoms with van der Waals surface area (Å²) in [6, 6.07) is 0. The van der Waals surface area contributed by atoms with Gasteiger partial charge in [-0.1, -0.05) is 34.1 Å². The van der Waals surface area contributed by atoms with Gasteiger partial charge < -0.3 is 14.2 Å². The van der Waals surface area contributed by atoms with Gasteiger partial charge in [-0.25, -0.2) is 24.7 Å². The number of amides is 2. The lowest BCUT2D eigenvalue weighted by molar-refractivity contribution is -0.128. The maximum Gasteiger partial charge on any atom is 0.417 e. The molecule has 0 bridgehead atoms. The normalized spacial score (nSPS) is 10.8. The minimum atomic E-state index is -0.673. The summed E-state index contributed by atoms with van der Waals surface area (Å²) in [6.07, 6.45) is 5.65. The molecule has 2 heterocycles. The number of aromatic nitrogens is 3. The zero-order valence-electron chi connectivity index (χ0n) is 22.3. The Morgan fingerprint density at radius 1 is 1.18 bits per heavy atom. The van der Waals surface area contributed by atoms with E-state index in [1.807, 2.05) is 50.5 Å². The third kappa shape index (κ3) is 10.0. The van der Waals surface area contributed by atoms with Crippen molar-refractivity contribution in [1.82, 2.24) is 24.3 Å². The van der Waals surface area contributed by atoms with Crippen LogP contribution in [-0.4, -0.2) is 68.9 Å². The Hall–Kier alpha value is -2.97. The van der Waals surface area contributed by atoms with E-state index in [4.69, 9.17) is 4.74 Å². The first-order chi connectivity index (χ1) is 15.4. The summed E-state index contributed by atoms with van der Waals surface area (Å²) in [5.41, 5.74) is 0.993. The van der Waals surface area contributed by atoms with Crippen LogP contribution >= 0.6 is 0 Å². The molecule has 2 rings (SSSR count). The first kappa shape index (κ1) is 30.0. The molecule has 0 unspecified atom stereocenters. The van der Waals surface area contributed by atoms with E-state index in [9.17, 15) is 9.59 Å². The number of carbonyl (C=O) groups excluding carboxylic acids is 2. The lowest BCUT2D eigenvalue weighted by atomic mass is 10.2. The second-order valence-electron chi connectivity index (χ2n) is 8.47. The molecule has 0 atom stereocenters. The van der Waals surface area contributed by atoms with Crippen LogP contribution in [0, 0.1) is 6.92 Å². The average Bonchev–Trinajstić information content (AvgIpc) is 3.03. The second-order valence-corrected chi connectivity index (χ2v) is 8.47. The summed E-state index contributed by atoms with van der Waals surface area (Å²) >= 11 is 0. The van der Waals surface area contributed by atoms with E-state index in [2.05, 4.69) is 28.8 Å². The van der Waals surface area contributed by atoms with Gasteiger partial charge in [-0.3, -0.25) is 4.79 Å². The Kier molecular flexibility index (Phi) is 13.0. The number of carbonyl (C=O) groups is 2. The third-order valence-corrected chi connectivity index (χ3v) is 3.79. The van der Waals surface area contributed by atoms with Crippen molar-refractivity contribution in [2.75, 3.05) is 20.6 Å². The van der Waals surface area contributed by atoms with Crippen molar-refractivity contribution < 1.29 is 14.3 Å². The first-order valence-electron chi connectivity index (χ1n) is 11.4. The number of nitrogens with zero attached hydrogens (tertiary/aromatic N) is 6. The van der Waals surface area contributed by atoms with Gasteiger partial charge in [0.2, 0.25) is 5.91 Å². The molecule has 0 aliphatic rings. The summed E-state index contributed by atoms with van der Waals surface area (Å²) in [5, 5.41) is 0.840. The number of ether oxygens (including phenoxy) is 1. The van der Waals surface area contributed by atoms with Gasteiger partial charge in [0.25, 0.3) is 0 Å². The van der Waals surface area contributed by atoms with Crippen LogP contribution < -0.4 is 0 Å². The van der Waals surface area contributed by atoms with E-state index in [0.29, 0.717) is 18.0 Å². The Labute approximate surface area is 198 Å². The van der Waals surface area contributed by atoms with Gasteiger partial charge in [-0.2, -0.15) is 0 Å². The van der Waals surface area contributed by atoms with Gasteiger partial charge in [0, 0.05) is 33.8 Å². The van der Waals surface area contributed by atoms with E-state index < -0.39 is 11.7 Å². The first-order valence-corrected chi connectivity index (χ1v) is 11.4. The Balaban J connectivity index is 0.00000189. The quantitative estimate of drug-likeness (QED) is 0.448. The lowest BCUT2D eigenvalue weighted by Crippen LogP contribution is -2.41. The SMILES string of the molecule is CC.CC(=O)N(CCn1cc(C)c2c(/N=C/N(C)C)ncnc21)C(=O)OC(C)(C)C.CCC. The van der Waals surface area contributed by atoms with Crippen LogP contribution in [-0.2, 0) is 16.1 Å². The summed E-state index contributed by atoms with van der Waals surface area (Å²) < 4.78 is 7.21. The molecule has 2 aromatic heterocycles. The van der Waals surface area contributed by atoms with Crippen molar-refractivity contribution in [3.63, 3.8) is 0 Å². The highest BCUT2D eigenvalue weighted by Gasteiger charge is 2.25. The summed E-state index contributed by atoms with van der Waals surface area (Å²) in [5.74, 6) is 0.207. The maximum absolute atomic E-state index is 12.3. The molecule has 9 nitrogen and oxygen atoms in total. The minimum absolute atomic E-state index is 0.174. The molecule has 0 aromatic carbocycles.